The average molecular weight is 334 g/mol. The van der Waals surface area contributed by atoms with E-state index < -0.39 is 13.1 Å². The Morgan fingerprint density at radius 3 is 2.36 bits per heavy atom. The van der Waals surface area contributed by atoms with Gasteiger partial charge in [-0.25, -0.2) is 0 Å². The fourth-order valence-corrected chi connectivity index (χ4v) is 3.14. The Morgan fingerprint density at radius 1 is 1.18 bits per heavy atom. The van der Waals surface area contributed by atoms with Crippen molar-refractivity contribution in [2.75, 3.05) is 26.2 Å². The van der Waals surface area contributed by atoms with Crippen molar-refractivity contribution in [1.82, 2.24) is 15.1 Å². The van der Waals surface area contributed by atoms with Crippen molar-refractivity contribution >= 4 is 31.3 Å². The summed E-state index contributed by atoms with van der Waals surface area (Å²) in [5.74, 6) is -0.458. The minimum Gasteiger partial charge on any atom is -0.426 e. The van der Waals surface area contributed by atoms with Gasteiger partial charge in [-0.2, -0.15) is 0 Å². The van der Waals surface area contributed by atoms with Crippen LogP contribution in [0.5, 0.6) is 0 Å². The number of halogens is 1. The molecule has 2 amide bonds. The van der Waals surface area contributed by atoms with E-state index in [1.807, 2.05) is 4.90 Å². The van der Waals surface area contributed by atoms with Crippen LogP contribution in [0.4, 0.5) is 0 Å². The van der Waals surface area contributed by atoms with Gasteiger partial charge in [0.2, 0.25) is 11.8 Å². The highest BCUT2D eigenvalue weighted by Gasteiger charge is 2.36. The van der Waals surface area contributed by atoms with Gasteiger partial charge in [-0.15, -0.1) is 12.4 Å². The van der Waals surface area contributed by atoms with Gasteiger partial charge >= 0.3 is 7.12 Å². The first-order chi connectivity index (χ1) is 9.99. The molecule has 0 bridgehead atoms. The number of amides is 2. The van der Waals surface area contributed by atoms with Crippen LogP contribution in [0.2, 0.25) is 0 Å². The Kier molecular flexibility index (Phi) is 7.61. The largest absolute Gasteiger partial charge is 0.475 e. The molecule has 0 radical (unpaired) electrons. The number of piperidine rings is 1. The number of hydrogen-bond donors (Lipinski definition) is 3. The van der Waals surface area contributed by atoms with Crippen LogP contribution in [-0.2, 0) is 9.59 Å². The second kappa shape index (κ2) is 8.71. The monoisotopic (exact) mass is 333 g/mol. The van der Waals surface area contributed by atoms with Gasteiger partial charge in [0.25, 0.3) is 0 Å². The lowest BCUT2D eigenvalue weighted by Gasteiger charge is -2.32. The molecule has 1 atom stereocenters. The summed E-state index contributed by atoms with van der Waals surface area (Å²) in [5.41, 5.74) is 0. The van der Waals surface area contributed by atoms with Crippen LogP contribution < -0.4 is 5.32 Å². The smallest absolute Gasteiger partial charge is 0.426 e. The van der Waals surface area contributed by atoms with Crippen LogP contribution in [0, 0.1) is 0 Å². The molecule has 3 N–H and O–H groups in total. The molecular formula is C13H25BClN3O4. The van der Waals surface area contributed by atoms with Gasteiger partial charge in [0, 0.05) is 32.6 Å². The number of likely N-dealkylation sites (tertiary alicyclic amines) is 2. The number of hydrogen-bond acceptors (Lipinski definition) is 5. The van der Waals surface area contributed by atoms with E-state index in [-0.39, 0.29) is 36.8 Å². The van der Waals surface area contributed by atoms with E-state index in [4.69, 9.17) is 0 Å². The number of carbonyl (C=O) groups is 2. The summed E-state index contributed by atoms with van der Waals surface area (Å²) in [6, 6.07) is 0.240. The third-order valence-electron chi connectivity index (χ3n) is 4.45. The summed E-state index contributed by atoms with van der Waals surface area (Å²) in [6.45, 7) is 3.83. The number of nitrogens with one attached hydrogen (secondary N) is 1. The molecule has 0 aliphatic carbocycles. The van der Waals surface area contributed by atoms with Crippen LogP contribution in [-0.4, -0.2) is 76.9 Å². The molecule has 2 heterocycles. The van der Waals surface area contributed by atoms with E-state index in [2.05, 4.69) is 5.32 Å². The quantitative estimate of drug-likeness (QED) is 0.575. The lowest BCUT2D eigenvalue weighted by atomic mass is 9.78. The Labute approximate surface area is 137 Å². The molecule has 2 aliphatic rings. The van der Waals surface area contributed by atoms with E-state index in [1.165, 1.54) is 0 Å². The van der Waals surface area contributed by atoms with E-state index in [0.29, 0.717) is 13.0 Å². The first-order valence-corrected chi connectivity index (χ1v) is 7.63. The van der Waals surface area contributed by atoms with E-state index in [0.717, 1.165) is 32.4 Å². The molecule has 2 aliphatic heterocycles. The number of carbonyl (C=O) groups excluding carboxylic acids is 2. The summed E-state index contributed by atoms with van der Waals surface area (Å²) in [5, 5.41) is 21.8. The minimum atomic E-state index is -1.46. The molecule has 126 valence electrons. The predicted molar refractivity (Wildman–Crippen MR) is 85.5 cm³/mol. The van der Waals surface area contributed by atoms with Gasteiger partial charge in [-0.05, 0) is 25.7 Å². The van der Waals surface area contributed by atoms with E-state index in [9.17, 15) is 19.6 Å². The SMILES string of the molecule is CC(=O)N1CCC(NCC(=O)N2CCC[C@H]2B(O)O)CC1.Cl. The van der Waals surface area contributed by atoms with Crippen molar-refractivity contribution in [3.63, 3.8) is 0 Å². The topological polar surface area (TPSA) is 93.1 Å². The third kappa shape index (κ3) is 4.84. The van der Waals surface area contributed by atoms with Crippen molar-refractivity contribution in [2.24, 2.45) is 0 Å². The van der Waals surface area contributed by atoms with Gasteiger partial charge < -0.3 is 25.2 Å². The molecule has 2 fully saturated rings. The summed E-state index contributed by atoms with van der Waals surface area (Å²) in [6.07, 6.45) is 3.14. The van der Waals surface area contributed by atoms with Gasteiger partial charge in [-0.1, -0.05) is 0 Å². The van der Waals surface area contributed by atoms with Crippen LogP contribution in [0.1, 0.15) is 32.6 Å². The van der Waals surface area contributed by atoms with E-state index in [1.54, 1.807) is 11.8 Å². The maximum absolute atomic E-state index is 12.2. The predicted octanol–water partition coefficient (Wildman–Crippen LogP) is -0.988. The molecule has 0 aromatic heterocycles. The van der Waals surface area contributed by atoms with Crippen molar-refractivity contribution in [2.45, 2.75) is 44.6 Å². The second-order valence-corrected chi connectivity index (χ2v) is 5.87. The second-order valence-electron chi connectivity index (χ2n) is 5.87. The zero-order valence-electron chi connectivity index (χ0n) is 12.9. The standard InChI is InChI=1S/C13H24BN3O4.ClH/c1-10(18)16-7-4-11(5-8-16)15-9-13(19)17-6-2-3-12(17)14(20)21;/h11-12,15,20-21H,2-9H2,1H3;1H/t12-;/m0./s1. The summed E-state index contributed by atoms with van der Waals surface area (Å²) < 4.78 is 0. The first-order valence-electron chi connectivity index (χ1n) is 7.63. The molecule has 9 heteroatoms. The molecule has 22 heavy (non-hydrogen) atoms. The minimum absolute atomic E-state index is 0. The zero-order valence-corrected chi connectivity index (χ0v) is 13.7. The fraction of sp³-hybridized carbons (Fsp3) is 0.846. The Balaban J connectivity index is 0.00000242. The van der Waals surface area contributed by atoms with Gasteiger partial charge in [-0.3, -0.25) is 9.59 Å². The van der Waals surface area contributed by atoms with Crippen LogP contribution in [0.25, 0.3) is 0 Å². The highest BCUT2D eigenvalue weighted by atomic mass is 35.5. The van der Waals surface area contributed by atoms with E-state index >= 15 is 0 Å². The summed E-state index contributed by atoms with van der Waals surface area (Å²) in [7, 11) is -1.46. The van der Waals surface area contributed by atoms with Crippen LogP contribution >= 0.6 is 12.4 Å². The van der Waals surface area contributed by atoms with Crippen molar-refractivity contribution in [1.29, 1.82) is 0 Å². The Hall–Kier alpha value is -0.825. The van der Waals surface area contributed by atoms with Crippen molar-refractivity contribution < 1.29 is 19.6 Å². The Bertz CT molecular complexity index is 391. The van der Waals surface area contributed by atoms with Gasteiger partial charge in [0.1, 0.15) is 0 Å². The molecule has 0 aromatic rings. The molecule has 7 nitrogen and oxygen atoms in total. The highest BCUT2D eigenvalue weighted by Crippen LogP contribution is 2.18. The number of nitrogens with zero attached hydrogens (tertiary/aromatic N) is 2. The average Bonchev–Trinajstić information content (AvgIpc) is 2.95. The third-order valence-corrected chi connectivity index (χ3v) is 4.45. The summed E-state index contributed by atoms with van der Waals surface area (Å²) in [4.78, 5) is 26.8. The Morgan fingerprint density at radius 2 is 1.82 bits per heavy atom. The maximum atomic E-state index is 12.2. The molecular weight excluding hydrogens is 308 g/mol. The summed E-state index contributed by atoms with van der Waals surface area (Å²) >= 11 is 0. The van der Waals surface area contributed by atoms with Crippen LogP contribution in [0.3, 0.4) is 0 Å². The van der Waals surface area contributed by atoms with Crippen molar-refractivity contribution in [3.05, 3.63) is 0 Å². The first kappa shape index (κ1) is 19.2. The lowest BCUT2D eigenvalue weighted by molar-refractivity contribution is -0.132. The maximum Gasteiger partial charge on any atom is 0.475 e. The normalized spacial score (nSPS) is 22.4. The molecule has 0 unspecified atom stereocenters. The van der Waals surface area contributed by atoms with Gasteiger partial charge in [0.05, 0.1) is 12.5 Å². The van der Waals surface area contributed by atoms with Crippen LogP contribution in [0.15, 0.2) is 0 Å². The lowest BCUT2D eigenvalue weighted by Crippen LogP contribution is -2.51. The highest BCUT2D eigenvalue weighted by molar-refractivity contribution is 6.43. The molecule has 0 aromatic carbocycles. The fourth-order valence-electron chi connectivity index (χ4n) is 3.14. The molecule has 0 spiro atoms. The molecule has 2 saturated heterocycles. The molecule has 0 saturated carbocycles. The number of rotatable bonds is 4. The molecule has 2 rings (SSSR count). The van der Waals surface area contributed by atoms with Crippen molar-refractivity contribution in [3.8, 4) is 0 Å². The van der Waals surface area contributed by atoms with Gasteiger partial charge in [0.15, 0.2) is 0 Å². The zero-order chi connectivity index (χ0) is 15.4.